The molecule has 0 saturated carbocycles. The van der Waals surface area contributed by atoms with Crippen LogP contribution in [-0.4, -0.2) is 29.0 Å². The Morgan fingerprint density at radius 1 is 1.19 bits per heavy atom. The highest BCUT2D eigenvalue weighted by molar-refractivity contribution is 7.12. The summed E-state index contributed by atoms with van der Waals surface area (Å²) in [5.74, 6) is 0.0116. The SMILES string of the molecule is Cc1cc(C(=O)CCC(=O)Nc2cccc(CN3CCCC3=O)c2)c(C)s1. The van der Waals surface area contributed by atoms with E-state index in [1.807, 2.05) is 49.1 Å². The largest absolute Gasteiger partial charge is 0.338 e. The fraction of sp³-hybridized carbons (Fsp3) is 0.381. The molecule has 0 bridgehead atoms. The normalized spacial score (nSPS) is 13.9. The predicted molar refractivity (Wildman–Crippen MR) is 107 cm³/mol. The third kappa shape index (κ3) is 5.04. The van der Waals surface area contributed by atoms with E-state index < -0.39 is 0 Å². The number of amides is 2. The first-order valence-electron chi connectivity index (χ1n) is 9.19. The highest BCUT2D eigenvalue weighted by Crippen LogP contribution is 2.22. The van der Waals surface area contributed by atoms with Crippen LogP contribution in [0.4, 0.5) is 5.69 Å². The lowest BCUT2D eigenvalue weighted by molar-refractivity contribution is -0.128. The molecule has 27 heavy (non-hydrogen) atoms. The van der Waals surface area contributed by atoms with Gasteiger partial charge in [-0.2, -0.15) is 0 Å². The maximum absolute atomic E-state index is 12.3. The number of carbonyl (C=O) groups excluding carboxylic acids is 3. The maximum Gasteiger partial charge on any atom is 0.224 e. The van der Waals surface area contributed by atoms with Crippen molar-refractivity contribution < 1.29 is 14.4 Å². The Morgan fingerprint density at radius 3 is 2.67 bits per heavy atom. The number of nitrogens with one attached hydrogen (secondary N) is 1. The average Bonchev–Trinajstić information content (AvgIpc) is 3.18. The molecule has 1 N–H and O–H groups in total. The number of benzene rings is 1. The van der Waals surface area contributed by atoms with E-state index in [9.17, 15) is 14.4 Å². The van der Waals surface area contributed by atoms with Crippen molar-refractivity contribution in [3.05, 3.63) is 51.2 Å². The molecule has 0 atom stereocenters. The van der Waals surface area contributed by atoms with Crippen molar-refractivity contribution in [1.29, 1.82) is 0 Å². The minimum absolute atomic E-state index is 0.00768. The monoisotopic (exact) mass is 384 g/mol. The van der Waals surface area contributed by atoms with Gasteiger partial charge in [-0.05, 0) is 44.0 Å². The number of thiophene rings is 1. The lowest BCUT2D eigenvalue weighted by Crippen LogP contribution is -2.23. The van der Waals surface area contributed by atoms with Crippen LogP contribution in [0.2, 0.25) is 0 Å². The van der Waals surface area contributed by atoms with Crippen LogP contribution >= 0.6 is 11.3 Å². The number of Topliss-reactive ketones (excluding diaryl/α,β-unsaturated/α-hetero) is 1. The summed E-state index contributed by atoms with van der Waals surface area (Å²) in [6.45, 7) is 5.27. The Balaban J connectivity index is 1.53. The van der Waals surface area contributed by atoms with Gasteiger partial charge in [-0.25, -0.2) is 0 Å². The first kappa shape index (κ1) is 19.3. The third-order valence-corrected chi connectivity index (χ3v) is 5.64. The van der Waals surface area contributed by atoms with Gasteiger partial charge < -0.3 is 10.2 Å². The molecule has 5 nitrogen and oxygen atoms in total. The molecule has 1 aliphatic rings. The number of aryl methyl sites for hydroxylation is 2. The van der Waals surface area contributed by atoms with Crippen LogP contribution in [-0.2, 0) is 16.1 Å². The van der Waals surface area contributed by atoms with Gasteiger partial charge in [-0.15, -0.1) is 11.3 Å². The van der Waals surface area contributed by atoms with Gasteiger partial charge in [0.25, 0.3) is 0 Å². The summed E-state index contributed by atoms with van der Waals surface area (Å²) in [6, 6.07) is 9.42. The number of rotatable bonds is 7. The lowest BCUT2D eigenvalue weighted by Gasteiger charge is -2.16. The zero-order valence-corrected chi connectivity index (χ0v) is 16.5. The van der Waals surface area contributed by atoms with Crippen molar-refractivity contribution in [1.82, 2.24) is 4.90 Å². The molecule has 0 aliphatic carbocycles. The van der Waals surface area contributed by atoms with E-state index >= 15 is 0 Å². The van der Waals surface area contributed by atoms with Crippen molar-refractivity contribution in [2.45, 2.75) is 46.1 Å². The first-order chi connectivity index (χ1) is 12.9. The van der Waals surface area contributed by atoms with Crippen molar-refractivity contribution in [2.24, 2.45) is 0 Å². The zero-order valence-electron chi connectivity index (χ0n) is 15.7. The lowest BCUT2D eigenvalue weighted by atomic mass is 10.1. The van der Waals surface area contributed by atoms with Gasteiger partial charge in [-0.1, -0.05) is 12.1 Å². The molecule has 3 rings (SSSR count). The summed E-state index contributed by atoms with van der Waals surface area (Å²) in [7, 11) is 0. The second-order valence-corrected chi connectivity index (χ2v) is 8.38. The summed E-state index contributed by atoms with van der Waals surface area (Å²) in [5.41, 5.74) is 2.41. The van der Waals surface area contributed by atoms with E-state index in [-0.39, 0.29) is 30.4 Å². The van der Waals surface area contributed by atoms with Crippen molar-refractivity contribution >= 4 is 34.6 Å². The molecule has 142 valence electrons. The van der Waals surface area contributed by atoms with Crippen LogP contribution in [0.5, 0.6) is 0 Å². The van der Waals surface area contributed by atoms with Crippen LogP contribution in [0.3, 0.4) is 0 Å². The fourth-order valence-electron chi connectivity index (χ4n) is 3.33. The van der Waals surface area contributed by atoms with Gasteiger partial charge in [0, 0.05) is 53.4 Å². The Hall–Kier alpha value is -2.47. The summed E-state index contributed by atoms with van der Waals surface area (Å²) < 4.78 is 0. The van der Waals surface area contributed by atoms with E-state index in [1.165, 1.54) is 0 Å². The van der Waals surface area contributed by atoms with Crippen molar-refractivity contribution in [3.63, 3.8) is 0 Å². The highest BCUT2D eigenvalue weighted by Gasteiger charge is 2.20. The topological polar surface area (TPSA) is 66.5 Å². The van der Waals surface area contributed by atoms with Crippen molar-refractivity contribution in [3.8, 4) is 0 Å². The van der Waals surface area contributed by atoms with Gasteiger partial charge in [0.15, 0.2) is 5.78 Å². The summed E-state index contributed by atoms with van der Waals surface area (Å²) in [4.78, 5) is 40.2. The quantitative estimate of drug-likeness (QED) is 0.731. The van der Waals surface area contributed by atoms with Crippen LogP contribution in [0, 0.1) is 13.8 Å². The molecule has 1 fully saturated rings. The van der Waals surface area contributed by atoms with Gasteiger partial charge in [-0.3, -0.25) is 14.4 Å². The summed E-state index contributed by atoms with van der Waals surface area (Å²) in [6.07, 6.45) is 1.88. The van der Waals surface area contributed by atoms with E-state index in [0.29, 0.717) is 18.7 Å². The molecule has 2 aromatic rings. The number of likely N-dealkylation sites (tertiary alicyclic amines) is 1. The summed E-state index contributed by atoms with van der Waals surface area (Å²) >= 11 is 1.60. The van der Waals surface area contributed by atoms with Gasteiger partial charge in [0.1, 0.15) is 0 Å². The highest BCUT2D eigenvalue weighted by atomic mass is 32.1. The molecule has 6 heteroatoms. The second kappa shape index (κ2) is 8.48. The van der Waals surface area contributed by atoms with Crippen LogP contribution in [0.25, 0.3) is 0 Å². The second-order valence-electron chi connectivity index (χ2n) is 6.92. The maximum atomic E-state index is 12.3. The van der Waals surface area contributed by atoms with Gasteiger partial charge in [0.2, 0.25) is 11.8 Å². The standard InChI is InChI=1S/C21H24N2O3S/c1-14-11-18(15(2)27-14)19(24)8-9-20(25)22-17-6-3-5-16(12-17)13-23-10-4-7-21(23)26/h3,5-6,11-12H,4,7-10,13H2,1-2H3,(H,22,25). The smallest absolute Gasteiger partial charge is 0.224 e. The number of carbonyl (C=O) groups is 3. The fourth-order valence-corrected chi connectivity index (χ4v) is 4.27. The third-order valence-electron chi connectivity index (χ3n) is 4.68. The minimum atomic E-state index is -0.178. The van der Waals surface area contributed by atoms with E-state index in [2.05, 4.69) is 5.32 Å². The summed E-state index contributed by atoms with van der Waals surface area (Å²) in [5, 5.41) is 2.85. The van der Waals surface area contributed by atoms with E-state index in [1.54, 1.807) is 11.3 Å². The van der Waals surface area contributed by atoms with Gasteiger partial charge >= 0.3 is 0 Å². The Bertz CT molecular complexity index is 872. The Kier molecular flexibility index (Phi) is 6.06. The zero-order chi connectivity index (χ0) is 19.4. The Morgan fingerprint density at radius 2 is 2.00 bits per heavy atom. The van der Waals surface area contributed by atoms with Crippen LogP contribution in [0.1, 0.15) is 51.4 Å². The molecule has 0 radical (unpaired) electrons. The Labute approximate surface area is 163 Å². The molecule has 1 aromatic heterocycles. The molecule has 0 spiro atoms. The van der Waals surface area contributed by atoms with E-state index in [0.717, 1.165) is 33.8 Å². The number of nitrogens with zero attached hydrogens (tertiary/aromatic N) is 1. The minimum Gasteiger partial charge on any atom is -0.338 e. The number of hydrogen-bond acceptors (Lipinski definition) is 4. The molecule has 2 heterocycles. The molecule has 0 unspecified atom stereocenters. The first-order valence-corrected chi connectivity index (χ1v) is 10.0. The molecular formula is C21H24N2O3S. The number of ketones is 1. The van der Waals surface area contributed by atoms with Crippen molar-refractivity contribution in [2.75, 3.05) is 11.9 Å². The predicted octanol–water partition coefficient (Wildman–Crippen LogP) is 4.09. The molecule has 2 amide bonds. The van der Waals surface area contributed by atoms with Gasteiger partial charge in [0.05, 0.1) is 0 Å². The van der Waals surface area contributed by atoms with E-state index in [4.69, 9.17) is 0 Å². The molecular weight excluding hydrogens is 360 g/mol. The molecule has 1 aromatic carbocycles. The van der Waals surface area contributed by atoms with Crippen LogP contribution in [0.15, 0.2) is 30.3 Å². The van der Waals surface area contributed by atoms with Crippen LogP contribution < -0.4 is 5.32 Å². The number of anilines is 1. The average molecular weight is 385 g/mol. The molecule has 1 aliphatic heterocycles. The number of hydrogen-bond donors (Lipinski definition) is 1. The molecule has 1 saturated heterocycles.